The van der Waals surface area contributed by atoms with Crippen LogP contribution in [0.2, 0.25) is 0 Å². The topological polar surface area (TPSA) is 224 Å². The zero-order valence-electron chi connectivity index (χ0n) is 29.8. The minimum absolute atomic E-state index is 0. The Balaban J connectivity index is 0.000000673. The maximum Gasteiger partial charge on any atom is 1.00 e. The van der Waals surface area contributed by atoms with Gasteiger partial charge in [0.25, 0.3) is 23.6 Å². The van der Waals surface area contributed by atoms with Gasteiger partial charge in [-0.2, -0.15) is 0 Å². The summed E-state index contributed by atoms with van der Waals surface area (Å²) in [6.45, 7) is 6.26. The first-order chi connectivity index (χ1) is 24.0. The largest absolute Gasteiger partial charge is 1.00 e. The second-order valence-electron chi connectivity index (χ2n) is 11.2. The van der Waals surface area contributed by atoms with E-state index in [2.05, 4.69) is 5.32 Å². The number of imide groups is 3. The summed E-state index contributed by atoms with van der Waals surface area (Å²) in [7, 11) is 0. The molecular formula is C36H39Cl2KN4O10. The van der Waals surface area contributed by atoms with Gasteiger partial charge < -0.3 is 30.9 Å². The summed E-state index contributed by atoms with van der Waals surface area (Å²) in [6.07, 6.45) is -1.04. The van der Waals surface area contributed by atoms with Crippen molar-refractivity contribution in [2.45, 2.75) is 39.9 Å². The average Bonchev–Trinajstić information content (AvgIpc) is 3.63. The second kappa shape index (κ2) is 24.0. The quantitative estimate of drug-likeness (QED) is 0.177. The minimum atomic E-state index is -0.702. The van der Waals surface area contributed by atoms with Crippen molar-refractivity contribution in [3.8, 4) is 0 Å². The number of carbonyl (C=O) groups is 8. The Bertz CT molecular complexity index is 1720. The third-order valence-corrected chi connectivity index (χ3v) is 7.08. The normalized spacial score (nSPS) is 14.0. The number of halogens is 2. The molecule has 3 aromatic rings. The van der Waals surface area contributed by atoms with Crippen LogP contribution >= 0.6 is 24.0 Å². The van der Waals surface area contributed by atoms with E-state index in [-0.39, 0.29) is 124 Å². The minimum Gasteiger partial charge on any atom is -0.587 e. The van der Waals surface area contributed by atoms with Crippen molar-refractivity contribution in [1.29, 1.82) is 0 Å². The maximum absolute atomic E-state index is 11.7. The number of nitrogens with two attached hydrogens (primary N) is 1. The maximum atomic E-state index is 11.7. The third-order valence-electron chi connectivity index (χ3n) is 6.70. The molecule has 4 N–H and O–H groups in total. The number of benzene rings is 3. The summed E-state index contributed by atoms with van der Waals surface area (Å²) < 4.78 is 0. The summed E-state index contributed by atoms with van der Waals surface area (Å²) in [5.41, 5.74) is 7.35. The fraction of sp³-hybridized carbons (Fsp3) is 0.278. The van der Waals surface area contributed by atoms with Crippen LogP contribution in [0.5, 0.6) is 0 Å². The number of aliphatic hydroxyl groups is 2. The molecule has 3 aliphatic rings. The van der Waals surface area contributed by atoms with E-state index in [4.69, 9.17) is 22.4 Å². The summed E-state index contributed by atoms with van der Waals surface area (Å²) in [5, 5.41) is 20.7. The van der Waals surface area contributed by atoms with Gasteiger partial charge in [-0.05, 0) is 52.0 Å². The Morgan fingerprint density at radius 1 is 0.642 bits per heavy atom. The van der Waals surface area contributed by atoms with Gasteiger partial charge in [0.05, 0.1) is 65.2 Å². The fourth-order valence-electron chi connectivity index (χ4n) is 4.34. The molecule has 0 spiro atoms. The number of nitrogens with zero attached hydrogens (tertiary/aromatic N) is 3. The van der Waals surface area contributed by atoms with Gasteiger partial charge >= 0.3 is 51.4 Å². The molecular weight excluding hydrogens is 758 g/mol. The van der Waals surface area contributed by atoms with Gasteiger partial charge in [-0.3, -0.25) is 38.6 Å². The molecule has 3 aliphatic heterocycles. The molecule has 3 heterocycles. The van der Waals surface area contributed by atoms with Crippen LogP contribution in [0.25, 0.3) is 5.32 Å². The van der Waals surface area contributed by atoms with Gasteiger partial charge in [-0.1, -0.05) is 48.5 Å². The van der Waals surface area contributed by atoms with E-state index in [9.17, 15) is 43.5 Å². The van der Waals surface area contributed by atoms with Crippen LogP contribution in [0.4, 0.5) is 0 Å². The van der Waals surface area contributed by atoms with Crippen molar-refractivity contribution in [3.63, 3.8) is 0 Å². The van der Waals surface area contributed by atoms with Crippen LogP contribution in [0, 0.1) is 0 Å². The zero-order chi connectivity index (χ0) is 38.4. The number of aliphatic hydroxyl groups excluding tert-OH is 2. The van der Waals surface area contributed by atoms with Crippen molar-refractivity contribution < 1.29 is 100.0 Å². The van der Waals surface area contributed by atoms with Gasteiger partial charge in [0.2, 0.25) is 0 Å². The Morgan fingerprint density at radius 2 is 0.925 bits per heavy atom. The standard InChI is InChI=1S/C11H11NO3.C11H9NO3.C8H5NO2.C3H5ClO.C3H9NO.ClH.K/c2*1-7(13)6-12-10(14)8-4-2-3-5-9(8)11(12)15;10-7-5-3-1-2-4-6(5)8(11)9-7;2*1-3(5)2-4;;/h2-5,7,13H,6H2,1H3;2-5H,6H2,1H3;1-4H,(H,9,10,11);2H2,1H3;3,5H,2,4H2,1H3;1H;/q;;;;;;+1/p-1/t7-;;;;3-;;/m0...0../s1. The molecule has 0 aliphatic carbocycles. The monoisotopic (exact) mass is 796 g/mol. The molecule has 0 fully saturated rings. The number of carbonyl (C=O) groups excluding carboxylic acids is 8. The Kier molecular flexibility index (Phi) is 22.5. The average molecular weight is 798 g/mol. The molecule has 53 heavy (non-hydrogen) atoms. The third kappa shape index (κ3) is 14.4. The van der Waals surface area contributed by atoms with Crippen molar-refractivity contribution in [2.24, 2.45) is 5.73 Å². The first-order valence-electron chi connectivity index (χ1n) is 15.5. The van der Waals surface area contributed by atoms with Gasteiger partial charge in [0.15, 0.2) is 0 Å². The van der Waals surface area contributed by atoms with Crippen LogP contribution in [-0.4, -0.2) is 105 Å². The predicted octanol–water partition coefficient (Wildman–Crippen LogP) is 0.455. The van der Waals surface area contributed by atoms with Crippen LogP contribution in [-0.2, 0) is 9.59 Å². The van der Waals surface area contributed by atoms with Crippen molar-refractivity contribution in [3.05, 3.63) is 111 Å². The van der Waals surface area contributed by atoms with Crippen molar-refractivity contribution >= 4 is 71.0 Å². The van der Waals surface area contributed by atoms with Crippen LogP contribution in [0.1, 0.15) is 89.8 Å². The Morgan fingerprint density at radius 3 is 1.17 bits per heavy atom. The summed E-state index contributed by atoms with van der Waals surface area (Å²) >= 11 is 4.99. The molecule has 0 bridgehead atoms. The van der Waals surface area contributed by atoms with E-state index in [1.54, 1.807) is 86.6 Å². The van der Waals surface area contributed by atoms with Gasteiger partial charge in [0.1, 0.15) is 11.6 Å². The summed E-state index contributed by atoms with van der Waals surface area (Å²) in [6, 6.07) is 19.9. The molecule has 6 amide bonds. The van der Waals surface area contributed by atoms with E-state index in [1.807, 2.05) is 0 Å². The fourth-order valence-corrected chi connectivity index (χ4v) is 4.34. The SMILES string of the molecule is CC(=O)CCl.CC(=O)CN1C(=O)c2ccccc2C1=O.C[C@H](O)CN.C[C@H](O)CN1C(=O)c2ccccc2C1=O.Cl.O=C1[N-]C(=O)c2ccccc21.[K+]. The van der Waals surface area contributed by atoms with E-state index in [0.717, 1.165) is 9.80 Å². The van der Waals surface area contributed by atoms with E-state index in [1.165, 1.54) is 13.8 Å². The number of hydrogen-bond acceptors (Lipinski definition) is 11. The number of alkyl halides is 1. The molecule has 0 aromatic heterocycles. The molecule has 278 valence electrons. The van der Waals surface area contributed by atoms with Crippen molar-refractivity contribution in [1.82, 2.24) is 9.80 Å². The molecule has 3 aromatic carbocycles. The van der Waals surface area contributed by atoms with E-state index < -0.39 is 17.9 Å². The van der Waals surface area contributed by atoms with Crippen LogP contribution < -0.4 is 57.1 Å². The molecule has 6 rings (SSSR count). The van der Waals surface area contributed by atoms with Crippen LogP contribution in [0.15, 0.2) is 72.8 Å². The molecule has 14 nitrogen and oxygen atoms in total. The van der Waals surface area contributed by atoms with E-state index >= 15 is 0 Å². The molecule has 0 unspecified atom stereocenters. The molecule has 0 saturated heterocycles. The molecule has 0 saturated carbocycles. The number of amides is 6. The molecule has 2 atom stereocenters. The first kappa shape index (κ1) is 49.5. The predicted molar refractivity (Wildman–Crippen MR) is 194 cm³/mol. The number of ketones is 2. The van der Waals surface area contributed by atoms with Gasteiger partial charge in [-0.15, -0.1) is 24.0 Å². The molecule has 0 radical (unpaired) electrons. The number of fused-ring (bicyclic) bond motifs is 3. The van der Waals surface area contributed by atoms with Crippen molar-refractivity contribution in [2.75, 3.05) is 25.5 Å². The number of β-amino-alcohol motifs (C(OH)–C–C–N with tert-alkyl or cyclic N) is 1. The Labute approximate surface area is 360 Å². The first-order valence-corrected chi connectivity index (χ1v) is 16.0. The molecule has 17 heteroatoms. The summed E-state index contributed by atoms with van der Waals surface area (Å²) in [5.74, 6) is -2.31. The number of hydrogen-bond donors (Lipinski definition) is 3. The number of rotatable bonds is 6. The number of Topliss-reactive ketones (excluding diaryl/α,β-unsaturated/α-hetero) is 2. The zero-order valence-corrected chi connectivity index (χ0v) is 34.5. The smallest absolute Gasteiger partial charge is 0.587 e. The second-order valence-corrected chi connectivity index (χ2v) is 11.5. The van der Waals surface area contributed by atoms with E-state index in [0.29, 0.717) is 39.9 Å². The van der Waals surface area contributed by atoms with Gasteiger partial charge in [0, 0.05) is 17.7 Å². The van der Waals surface area contributed by atoms with Crippen LogP contribution in [0.3, 0.4) is 0 Å². The van der Waals surface area contributed by atoms with Gasteiger partial charge in [-0.25, -0.2) is 0 Å². The Hall–Kier alpha value is -3.48. The summed E-state index contributed by atoms with van der Waals surface area (Å²) in [4.78, 5) is 91.3.